The van der Waals surface area contributed by atoms with Gasteiger partial charge in [0.15, 0.2) is 0 Å². The Bertz CT molecular complexity index is 327. The molecule has 0 heterocycles. The van der Waals surface area contributed by atoms with Crippen LogP contribution in [0.4, 0.5) is 0 Å². The van der Waals surface area contributed by atoms with E-state index < -0.39 is 15.4 Å². The van der Waals surface area contributed by atoms with Gasteiger partial charge in [0.25, 0.3) is 10.1 Å². The molecule has 0 radical (unpaired) electrons. The van der Waals surface area contributed by atoms with Crippen LogP contribution in [0.1, 0.15) is 90.9 Å². The van der Waals surface area contributed by atoms with Gasteiger partial charge in [-0.05, 0) is 25.7 Å². The van der Waals surface area contributed by atoms with Crippen molar-refractivity contribution in [3.05, 3.63) is 0 Å². The first-order chi connectivity index (χ1) is 9.91. The van der Waals surface area contributed by atoms with Gasteiger partial charge in [-0.1, -0.05) is 65.2 Å². The van der Waals surface area contributed by atoms with Crippen LogP contribution < -0.4 is 0 Å². The van der Waals surface area contributed by atoms with E-state index in [0.29, 0.717) is 12.8 Å². The lowest BCUT2D eigenvalue weighted by Gasteiger charge is -2.12. The highest BCUT2D eigenvalue weighted by atomic mass is 32.2. The predicted octanol–water partition coefficient (Wildman–Crippen LogP) is 4.32. The van der Waals surface area contributed by atoms with Gasteiger partial charge in [-0.25, -0.2) is 0 Å². The van der Waals surface area contributed by atoms with E-state index in [4.69, 9.17) is 4.55 Å². The topological polar surface area (TPSA) is 74.6 Å². The van der Waals surface area contributed by atoms with E-state index in [-0.39, 0.29) is 6.10 Å². The van der Waals surface area contributed by atoms with Crippen molar-refractivity contribution < 1.29 is 18.1 Å². The van der Waals surface area contributed by atoms with Gasteiger partial charge in [0.05, 0.1) is 11.4 Å². The summed E-state index contributed by atoms with van der Waals surface area (Å²) in [5.74, 6) is 0. The van der Waals surface area contributed by atoms with Crippen molar-refractivity contribution in [2.75, 3.05) is 0 Å². The molecule has 0 saturated carbocycles. The number of rotatable bonds is 14. The molecule has 2 atom stereocenters. The van der Waals surface area contributed by atoms with Crippen molar-refractivity contribution in [1.82, 2.24) is 0 Å². The van der Waals surface area contributed by atoms with E-state index in [9.17, 15) is 13.5 Å². The Kier molecular flexibility index (Phi) is 12.3. The van der Waals surface area contributed by atoms with Gasteiger partial charge in [0, 0.05) is 0 Å². The monoisotopic (exact) mass is 322 g/mol. The van der Waals surface area contributed by atoms with Crippen LogP contribution in [0.5, 0.6) is 0 Å². The van der Waals surface area contributed by atoms with Crippen molar-refractivity contribution in [3.63, 3.8) is 0 Å². The van der Waals surface area contributed by atoms with Gasteiger partial charge in [-0.15, -0.1) is 0 Å². The molecule has 0 bridgehead atoms. The third-order valence-corrected chi connectivity index (χ3v) is 5.49. The molecule has 0 spiro atoms. The minimum atomic E-state index is -3.89. The Morgan fingerprint density at radius 2 is 1.29 bits per heavy atom. The second-order valence-electron chi connectivity index (χ2n) is 6.04. The zero-order valence-electron chi connectivity index (χ0n) is 13.8. The maximum absolute atomic E-state index is 11.0. The lowest BCUT2D eigenvalue weighted by Crippen LogP contribution is -2.19. The van der Waals surface area contributed by atoms with Crippen LogP contribution in [0.2, 0.25) is 0 Å². The summed E-state index contributed by atoms with van der Waals surface area (Å²) < 4.78 is 31.1. The molecule has 4 nitrogen and oxygen atoms in total. The zero-order valence-corrected chi connectivity index (χ0v) is 14.6. The van der Waals surface area contributed by atoms with Crippen LogP contribution in [0, 0.1) is 0 Å². The highest BCUT2D eigenvalue weighted by Gasteiger charge is 2.19. The van der Waals surface area contributed by atoms with Crippen LogP contribution in [0.15, 0.2) is 0 Å². The molecule has 0 aliphatic carbocycles. The Labute approximate surface area is 131 Å². The summed E-state index contributed by atoms with van der Waals surface area (Å²) in [6, 6.07) is 0. The highest BCUT2D eigenvalue weighted by molar-refractivity contribution is 7.86. The Morgan fingerprint density at radius 3 is 1.76 bits per heavy atom. The van der Waals surface area contributed by atoms with Crippen LogP contribution in [-0.4, -0.2) is 29.4 Å². The van der Waals surface area contributed by atoms with Crippen LogP contribution in [-0.2, 0) is 10.1 Å². The molecule has 0 saturated heterocycles. The fraction of sp³-hybridized carbons (Fsp3) is 1.00. The van der Waals surface area contributed by atoms with E-state index >= 15 is 0 Å². The first kappa shape index (κ1) is 20.9. The summed E-state index contributed by atoms with van der Waals surface area (Å²) in [6.07, 6.45) is 11.2. The largest absolute Gasteiger partial charge is 0.393 e. The lowest BCUT2D eigenvalue weighted by molar-refractivity contribution is 0.147. The van der Waals surface area contributed by atoms with Crippen molar-refractivity contribution in [2.45, 2.75) is 102 Å². The number of aliphatic hydroxyl groups excluding tert-OH is 1. The van der Waals surface area contributed by atoms with Crippen LogP contribution >= 0.6 is 0 Å². The summed E-state index contributed by atoms with van der Waals surface area (Å²) in [7, 11) is -3.89. The van der Waals surface area contributed by atoms with Gasteiger partial charge in [-0.2, -0.15) is 8.42 Å². The molecule has 0 aromatic carbocycles. The molecule has 5 heteroatoms. The van der Waals surface area contributed by atoms with E-state index in [1.807, 2.05) is 0 Å². The molecular formula is C16H34O4S. The fourth-order valence-electron chi connectivity index (χ4n) is 2.62. The SMILES string of the molecule is CCCCCCCC(O)CCCCCC(CC)S(=O)(=O)O. The molecule has 21 heavy (non-hydrogen) atoms. The molecule has 0 rings (SSSR count). The highest BCUT2D eigenvalue weighted by Crippen LogP contribution is 2.16. The molecule has 0 aromatic rings. The van der Waals surface area contributed by atoms with Crippen LogP contribution in [0.3, 0.4) is 0 Å². The quantitative estimate of drug-likeness (QED) is 0.369. The molecule has 128 valence electrons. The summed E-state index contributed by atoms with van der Waals surface area (Å²) in [5, 5.41) is 9.23. The lowest BCUT2D eigenvalue weighted by atomic mass is 10.0. The average Bonchev–Trinajstić information content (AvgIpc) is 2.41. The second kappa shape index (κ2) is 12.4. The first-order valence-electron chi connectivity index (χ1n) is 8.56. The van der Waals surface area contributed by atoms with Crippen molar-refractivity contribution in [3.8, 4) is 0 Å². The second-order valence-corrected chi connectivity index (χ2v) is 7.74. The van der Waals surface area contributed by atoms with Gasteiger partial charge in [0.1, 0.15) is 0 Å². The molecule has 0 aromatic heterocycles. The van der Waals surface area contributed by atoms with Crippen molar-refractivity contribution >= 4 is 10.1 Å². The molecular weight excluding hydrogens is 288 g/mol. The van der Waals surface area contributed by atoms with Crippen LogP contribution in [0.25, 0.3) is 0 Å². The first-order valence-corrected chi connectivity index (χ1v) is 10.1. The molecule has 0 aliphatic heterocycles. The predicted molar refractivity (Wildman–Crippen MR) is 88.1 cm³/mol. The molecule has 0 fully saturated rings. The summed E-state index contributed by atoms with van der Waals surface area (Å²) in [6.45, 7) is 3.97. The summed E-state index contributed by atoms with van der Waals surface area (Å²) in [4.78, 5) is 0. The fourth-order valence-corrected chi connectivity index (χ4v) is 3.51. The number of unbranched alkanes of at least 4 members (excludes halogenated alkanes) is 6. The van der Waals surface area contributed by atoms with Gasteiger partial charge < -0.3 is 5.11 Å². The number of hydrogen-bond acceptors (Lipinski definition) is 3. The average molecular weight is 323 g/mol. The summed E-state index contributed by atoms with van der Waals surface area (Å²) in [5.41, 5.74) is 0. The Balaban J connectivity index is 3.53. The van der Waals surface area contributed by atoms with E-state index in [0.717, 1.165) is 38.5 Å². The minimum Gasteiger partial charge on any atom is -0.393 e. The number of hydrogen-bond donors (Lipinski definition) is 2. The molecule has 0 amide bonds. The van der Waals surface area contributed by atoms with E-state index in [1.54, 1.807) is 6.92 Å². The maximum Gasteiger partial charge on any atom is 0.267 e. The maximum atomic E-state index is 11.0. The standard InChI is InChI=1S/C16H34O4S/c1-3-5-6-7-9-12-15(17)13-10-8-11-14-16(4-2)21(18,19)20/h15-17H,3-14H2,1-2H3,(H,18,19,20). The summed E-state index contributed by atoms with van der Waals surface area (Å²) >= 11 is 0. The smallest absolute Gasteiger partial charge is 0.267 e. The van der Waals surface area contributed by atoms with Gasteiger partial charge in [0.2, 0.25) is 0 Å². The third-order valence-electron chi connectivity index (χ3n) is 4.08. The van der Waals surface area contributed by atoms with Crippen molar-refractivity contribution in [1.29, 1.82) is 0 Å². The van der Waals surface area contributed by atoms with E-state index in [2.05, 4.69) is 6.92 Å². The molecule has 2 unspecified atom stereocenters. The van der Waals surface area contributed by atoms with Gasteiger partial charge in [-0.3, -0.25) is 4.55 Å². The van der Waals surface area contributed by atoms with E-state index in [1.165, 1.54) is 25.7 Å². The minimum absolute atomic E-state index is 0.213. The van der Waals surface area contributed by atoms with Crippen molar-refractivity contribution in [2.24, 2.45) is 0 Å². The Morgan fingerprint density at radius 1 is 0.810 bits per heavy atom. The molecule has 0 aliphatic rings. The zero-order chi connectivity index (χ0) is 16.1. The normalized spacial score (nSPS) is 15.0. The number of aliphatic hydroxyl groups is 1. The molecule has 2 N–H and O–H groups in total. The third kappa shape index (κ3) is 12.1. The van der Waals surface area contributed by atoms with Gasteiger partial charge >= 0.3 is 0 Å². The Hall–Kier alpha value is -0.130.